The molecule has 3 heterocycles. The van der Waals surface area contributed by atoms with Gasteiger partial charge in [0.2, 0.25) is 0 Å². The zero-order chi connectivity index (χ0) is 18.8. The minimum absolute atomic E-state index is 0.307. The lowest BCUT2D eigenvalue weighted by molar-refractivity contribution is 0.203. The highest BCUT2D eigenvalue weighted by Gasteiger charge is 2.18. The van der Waals surface area contributed by atoms with Crippen LogP contribution in [0.2, 0.25) is 0 Å². The number of aryl methyl sites for hydroxylation is 1. The summed E-state index contributed by atoms with van der Waals surface area (Å²) in [4.78, 5) is 11.1. The topological polar surface area (TPSA) is 79.1 Å². The standard InChI is InChI=1S/C19H23BrN6O/c1-25-19-16(17(20)24-25)18(22-12-23-19)21-10-13-2-4-15(5-3-13)26-8-6-14(11-27)7-9-26/h2-5,12,14,27H,6-11H2,1H3,(H,21,22,23). The molecule has 2 aromatic heterocycles. The Kier molecular flexibility index (Phi) is 5.27. The summed E-state index contributed by atoms with van der Waals surface area (Å²) in [7, 11) is 1.87. The van der Waals surface area contributed by atoms with Crippen LogP contribution in [-0.4, -0.2) is 44.6 Å². The van der Waals surface area contributed by atoms with E-state index in [1.807, 2.05) is 7.05 Å². The summed E-state index contributed by atoms with van der Waals surface area (Å²) in [5.74, 6) is 1.23. The molecule has 8 heteroatoms. The van der Waals surface area contributed by atoms with E-state index in [9.17, 15) is 5.11 Å². The van der Waals surface area contributed by atoms with E-state index >= 15 is 0 Å². The Morgan fingerprint density at radius 1 is 1.19 bits per heavy atom. The van der Waals surface area contributed by atoms with Crippen molar-refractivity contribution in [2.75, 3.05) is 29.9 Å². The third-order valence-corrected chi connectivity index (χ3v) is 5.77. The first kappa shape index (κ1) is 18.2. The smallest absolute Gasteiger partial charge is 0.164 e. The fourth-order valence-corrected chi connectivity index (χ4v) is 4.16. The van der Waals surface area contributed by atoms with Crippen molar-refractivity contribution >= 4 is 38.5 Å². The van der Waals surface area contributed by atoms with Gasteiger partial charge in [-0.15, -0.1) is 0 Å². The second kappa shape index (κ2) is 7.82. The van der Waals surface area contributed by atoms with Gasteiger partial charge in [-0.1, -0.05) is 12.1 Å². The van der Waals surface area contributed by atoms with Gasteiger partial charge in [0.15, 0.2) is 5.65 Å². The maximum absolute atomic E-state index is 9.28. The average Bonchev–Trinajstić information content (AvgIpc) is 3.01. The summed E-state index contributed by atoms with van der Waals surface area (Å²) in [5, 5.41) is 17.9. The average molecular weight is 431 g/mol. The van der Waals surface area contributed by atoms with Crippen molar-refractivity contribution in [3.05, 3.63) is 40.8 Å². The molecule has 0 bridgehead atoms. The summed E-state index contributed by atoms with van der Waals surface area (Å²) in [6.45, 7) is 3.01. The quantitative estimate of drug-likeness (QED) is 0.647. The molecule has 0 radical (unpaired) electrons. The minimum atomic E-state index is 0.307. The van der Waals surface area contributed by atoms with Crippen LogP contribution in [-0.2, 0) is 13.6 Å². The fraction of sp³-hybridized carbons (Fsp3) is 0.421. The molecular formula is C19H23BrN6O. The van der Waals surface area contributed by atoms with E-state index in [4.69, 9.17) is 0 Å². The van der Waals surface area contributed by atoms with Crippen molar-refractivity contribution in [2.45, 2.75) is 19.4 Å². The molecule has 27 heavy (non-hydrogen) atoms. The molecule has 0 saturated carbocycles. The lowest BCUT2D eigenvalue weighted by atomic mass is 9.97. The monoisotopic (exact) mass is 430 g/mol. The summed E-state index contributed by atoms with van der Waals surface area (Å²) < 4.78 is 2.48. The summed E-state index contributed by atoms with van der Waals surface area (Å²) in [6, 6.07) is 8.64. The second-order valence-electron chi connectivity index (χ2n) is 6.97. The number of nitrogens with one attached hydrogen (secondary N) is 1. The highest BCUT2D eigenvalue weighted by molar-refractivity contribution is 9.10. The van der Waals surface area contributed by atoms with E-state index < -0.39 is 0 Å². The lowest BCUT2D eigenvalue weighted by Gasteiger charge is -2.33. The second-order valence-corrected chi connectivity index (χ2v) is 7.72. The number of anilines is 2. The Morgan fingerprint density at radius 2 is 1.93 bits per heavy atom. The third-order valence-electron chi connectivity index (χ3n) is 5.21. The minimum Gasteiger partial charge on any atom is -0.396 e. The van der Waals surface area contributed by atoms with Crippen LogP contribution in [0, 0.1) is 5.92 Å². The van der Waals surface area contributed by atoms with Crippen LogP contribution in [0.3, 0.4) is 0 Å². The number of hydrogen-bond acceptors (Lipinski definition) is 6. The number of piperidine rings is 1. The number of benzene rings is 1. The van der Waals surface area contributed by atoms with Crippen molar-refractivity contribution < 1.29 is 5.11 Å². The molecule has 0 spiro atoms. The Hall–Kier alpha value is -2.19. The molecule has 1 aromatic carbocycles. The first-order chi connectivity index (χ1) is 13.2. The van der Waals surface area contributed by atoms with Gasteiger partial charge in [-0.05, 0) is 52.4 Å². The predicted octanol–water partition coefficient (Wildman–Crippen LogP) is 2.95. The number of halogens is 1. The van der Waals surface area contributed by atoms with E-state index in [-0.39, 0.29) is 0 Å². The SMILES string of the molecule is Cn1nc(Br)c2c(NCc3ccc(N4CCC(CO)CC4)cc3)ncnc21. The van der Waals surface area contributed by atoms with Crippen molar-refractivity contribution in [1.82, 2.24) is 19.7 Å². The largest absolute Gasteiger partial charge is 0.396 e. The number of fused-ring (bicyclic) bond motifs is 1. The van der Waals surface area contributed by atoms with Crippen LogP contribution in [0.25, 0.3) is 11.0 Å². The Morgan fingerprint density at radius 3 is 2.63 bits per heavy atom. The Balaban J connectivity index is 1.43. The van der Waals surface area contributed by atoms with E-state index in [2.05, 4.69) is 65.5 Å². The van der Waals surface area contributed by atoms with Gasteiger partial charge in [0.1, 0.15) is 16.7 Å². The summed E-state index contributed by atoms with van der Waals surface area (Å²) in [6.07, 6.45) is 3.67. The van der Waals surface area contributed by atoms with Gasteiger partial charge in [0, 0.05) is 39.0 Å². The number of aliphatic hydroxyl groups is 1. The van der Waals surface area contributed by atoms with Gasteiger partial charge in [-0.3, -0.25) is 0 Å². The van der Waals surface area contributed by atoms with Crippen molar-refractivity contribution in [3.8, 4) is 0 Å². The zero-order valence-corrected chi connectivity index (χ0v) is 16.9. The molecule has 1 aliphatic rings. The first-order valence-corrected chi connectivity index (χ1v) is 9.97. The van der Waals surface area contributed by atoms with Crippen LogP contribution in [0.1, 0.15) is 18.4 Å². The lowest BCUT2D eigenvalue weighted by Crippen LogP contribution is -2.34. The highest BCUT2D eigenvalue weighted by Crippen LogP contribution is 2.27. The normalized spacial score (nSPS) is 15.4. The Labute approximate surface area is 166 Å². The molecule has 0 unspecified atom stereocenters. The molecule has 1 aliphatic heterocycles. The van der Waals surface area contributed by atoms with Gasteiger partial charge < -0.3 is 15.3 Å². The number of nitrogens with zero attached hydrogens (tertiary/aromatic N) is 5. The van der Waals surface area contributed by atoms with Crippen molar-refractivity contribution in [1.29, 1.82) is 0 Å². The number of aliphatic hydroxyl groups excluding tert-OH is 1. The molecule has 1 fully saturated rings. The summed E-state index contributed by atoms with van der Waals surface area (Å²) >= 11 is 3.48. The van der Waals surface area contributed by atoms with Gasteiger partial charge in [-0.25, -0.2) is 14.6 Å². The van der Waals surface area contributed by atoms with E-state index in [1.54, 1.807) is 11.0 Å². The molecule has 2 N–H and O–H groups in total. The number of hydrogen-bond donors (Lipinski definition) is 2. The highest BCUT2D eigenvalue weighted by atomic mass is 79.9. The summed E-state index contributed by atoms with van der Waals surface area (Å²) in [5.41, 5.74) is 3.23. The zero-order valence-electron chi connectivity index (χ0n) is 15.3. The number of rotatable bonds is 5. The Bertz CT molecular complexity index is 918. The van der Waals surface area contributed by atoms with Crippen LogP contribution >= 0.6 is 15.9 Å². The van der Waals surface area contributed by atoms with Crippen LogP contribution in [0.4, 0.5) is 11.5 Å². The van der Waals surface area contributed by atoms with E-state index in [0.717, 1.165) is 47.4 Å². The fourth-order valence-electron chi connectivity index (χ4n) is 3.56. The maximum Gasteiger partial charge on any atom is 0.164 e. The van der Waals surface area contributed by atoms with Crippen LogP contribution in [0.15, 0.2) is 35.2 Å². The van der Waals surface area contributed by atoms with Gasteiger partial charge in [0.05, 0.1) is 5.39 Å². The molecule has 3 aromatic rings. The molecule has 0 atom stereocenters. The van der Waals surface area contributed by atoms with E-state index in [1.165, 1.54) is 11.3 Å². The molecular weight excluding hydrogens is 408 g/mol. The number of aromatic nitrogens is 4. The van der Waals surface area contributed by atoms with Gasteiger partial charge in [0.25, 0.3) is 0 Å². The predicted molar refractivity (Wildman–Crippen MR) is 110 cm³/mol. The van der Waals surface area contributed by atoms with Crippen molar-refractivity contribution in [2.24, 2.45) is 13.0 Å². The molecule has 4 rings (SSSR count). The van der Waals surface area contributed by atoms with Crippen LogP contribution in [0.5, 0.6) is 0 Å². The molecule has 0 aliphatic carbocycles. The third kappa shape index (κ3) is 3.77. The van der Waals surface area contributed by atoms with Crippen molar-refractivity contribution in [3.63, 3.8) is 0 Å². The molecule has 7 nitrogen and oxygen atoms in total. The van der Waals surface area contributed by atoms with Gasteiger partial charge in [-0.2, -0.15) is 5.10 Å². The van der Waals surface area contributed by atoms with Crippen LogP contribution < -0.4 is 10.2 Å². The molecule has 1 saturated heterocycles. The van der Waals surface area contributed by atoms with E-state index in [0.29, 0.717) is 19.1 Å². The first-order valence-electron chi connectivity index (χ1n) is 9.17. The molecule has 142 valence electrons. The van der Waals surface area contributed by atoms with Gasteiger partial charge >= 0.3 is 0 Å². The maximum atomic E-state index is 9.28. The molecule has 0 amide bonds.